The van der Waals surface area contributed by atoms with Crippen LogP contribution < -0.4 is 23.8 Å². The van der Waals surface area contributed by atoms with E-state index in [0.717, 1.165) is 115 Å². The second-order valence-electron chi connectivity index (χ2n) is 16.8. The van der Waals surface area contributed by atoms with Crippen molar-refractivity contribution in [2.24, 2.45) is 0 Å². The van der Waals surface area contributed by atoms with Crippen molar-refractivity contribution < 1.29 is 28.2 Å². The zero-order valence-corrected chi connectivity index (χ0v) is 41.0. The van der Waals surface area contributed by atoms with Crippen molar-refractivity contribution in [3.05, 3.63) is 49.3 Å². The van der Waals surface area contributed by atoms with Crippen molar-refractivity contribution in [3.63, 3.8) is 0 Å². The van der Waals surface area contributed by atoms with Crippen LogP contribution in [-0.2, 0) is 4.43 Å². The number of anilines is 1. The van der Waals surface area contributed by atoms with Gasteiger partial charge in [0.15, 0.2) is 37.6 Å². The Bertz CT molecular complexity index is 1690. The molecule has 0 spiro atoms. The van der Waals surface area contributed by atoms with E-state index in [1.165, 1.54) is 36.3 Å². The first-order valence-corrected chi connectivity index (χ1v) is 27.1. The second kappa shape index (κ2) is 27.0. The molecule has 0 aliphatic carbocycles. The number of aldehydes is 1. The van der Waals surface area contributed by atoms with E-state index in [4.69, 9.17) is 23.4 Å². The molecule has 0 N–H and O–H groups in total. The molecule has 0 unspecified atom stereocenters. The van der Waals surface area contributed by atoms with Crippen LogP contribution in [0.25, 0.3) is 24.3 Å². The standard InChI is InChI=1S/C49H77NO6S2Si/c1-11-16-33-52-45-41(29-26-39-24-27-40(28-25-39)50(15-5)32-22-20-21-23-37-56-59(9,10)49(6,7)8)57-42(46(45)53-34-17-12-2)30-31-43-47(54-35-18-13-3)48(44(38-51)58-43)55-36-19-14-4/h24-31,38H,11-23,32-37H2,1-10H3/b29-26+,31-30+. The third-order valence-electron chi connectivity index (χ3n) is 10.9. The molecule has 0 radical (unpaired) electrons. The van der Waals surface area contributed by atoms with Gasteiger partial charge < -0.3 is 28.3 Å². The average molecular weight is 868 g/mol. The third kappa shape index (κ3) is 16.4. The molecular weight excluding hydrogens is 791 g/mol. The zero-order chi connectivity index (χ0) is 43.1. The van der Waals surface area contributed by atoms with Crippen molar-refractivity contribution >= 4 is 67.3 Å². The highest BCUT2D eigenvalue weighted by atomic mass is 32.1. The molecule has 2 aromatic heterocycles. The lowest BCUT2D eigenvalue weighted by molar-refractivity contribution is 0.112. The maximum Gasteiger partial charge on any atom is 0.191 e. The fraction of sp³-hybridized carbons (Fsp3) is 0.612. The number of carbonyl (C=O) groups is 1. The van der Waals surface area contributed by atoms with Crippen LogP contribution in [0, 0.1) is 0 Å². The van der Waals surface area contributed by atoms with Crippen LogP contribution in [0.1, 0.15) is 162 Å². The first-order chi connectivity index (χ1) is 28.4. The first-order valence-electron chi connectivity index (χ1n) is 22.6. The fourth-order valence-corrected chi connectivity index (χ4v) is 8.98. The second-order valence-corrected chi connectivity index (χ2v) is 23.7. The summed E-state index contributed by atoms with van der Waals surface area (Å²) >= 11 is 3.06. The van der Waals surface area contributed by atoms with Crippen LogP contribution in [0.2, 0.25) is 18.1 Å². The number of hydrogen-bond donors (Lipinski definition) is 0. The summed E-state index contributed by atoms with van der Waals surface area (Å²) in [6, 6.07) is 8.90. The van der Waals surface area contributed by atoms with Gasteiger partial charge in [0.25, 0.3) is 0 Å². The molecule has 0 aliphatic rings. The highest BCUT2D eigenvalue weighted by Crippen LogP contribution is 2.47. The molecule has 0 saturated carbocycles. The quantitative estimate of drug-likeness (QED) is 0.0362. The van der Waals surface area contributed by atoms with Crippen LogP contribution in [0.5, 0.6) is 23.0 Å². The van der Waals surface area contributed by atoms with E-state index in [2.05, 4.69) is 116 Å². The van der Waals surface area contributed by atoms with Crippen LogP contribution in [0.15, 0.2) is 24.3 Å². The number of nitrogens with zero attached hydrogens (tertiary/aromatic N) is 1. The van der Waals surface area contributed by atoms with Crippen molar-refractivity contribution in [2.45, 2.75) is 151 Å². The third-order valence-corrected chi connectivity index (χ3v) is 17.5. The molecule has 0 atom stereocenters. The summed E-state index contributed by atoms with van der Waals surface area (Å²) < 4.78 is 31.8. The molecule has 7 nitrogen and oxygen atoms in total. The highest BCUT2D eigenvalue weighted by molar-refractivity contribution is 7.16. The molecule has 0 aliphatic heterocycles. The van der Waals surface area contributed by atoms with Gasteiger partial charge in [0.05, 0.1) is 41.1 Å². The Labute approximate surface area is 367 Å². The van der Waals surface area contributed by atoms with Gasteiger partial charge in [-0.2, -0.15) is 0 Å². The van der Waals surface area contributed by atoms with Gasteiger partial charge in [-0.1, -0.05) is 105 Å². The van der Waals surface area contributed by atoms with Crippen LogP contribution in [0.3, 0.4) is 0 Å². The number of hydrogen-bond acceptors (Lipinski definition) is 9. The zero-order valence-electron chi connectivity index (χ0n) is 38.3. The maximum atomic E-state index is 12.2. The molecule has 330 valence electrons. The lowest BCUT2D eigenvalue weighted by atomic mass is 10.1. The van der Waals surface area contributed by atoms with Crippen molar-refractivity contribution in [3.8, 4) is 23.0 Å². The van der Waals surface area contributed by atoms with Gasteiger partial charge in [-0.15, -0.1) is 22.7 Å². The van der Waals surface area contributed by atoms with Gasteiger partial charge in [-0.05, 0) is 99.5 Å². The Hall–Kier alpha value is -3.05. The molecule has 3 rings (SSSR count). The Kier molecular flexibility index (Phi) is 23.0. The van der Waals surface area contributed by atoms with Crippen LogP contribution >= 0.6 is 22.7 Å². The molecule has 1 aromatic carbocycles. The van der Waals surface area contributed by atoms with Gasteiger partial charge in [0.2, 0.25) is 0 Å². The van der Waals surface area contributed by atoms with Crippen molar-refractivity contribution in [1.29, 1.82) is 0 Å². The summed E-state index contributed by atoms with van der Waals surface area (Å²) in [7, 11) is -1.66. The summed E-state index contributed by atoms with van der Waals surface area (Å²) in [5, 5.41) is 0.266. The number of ether oxygens (including phenoxy) is 4. The van der Waals surface area contributed by atoms with Gasteiger partial charge in [0, 0.05) is 25.4 Å². The maximum absolute atomic E-state index is 12.2. The van der Waals surface area contributed by atoms with E-state index in [-0.39, 0.29) is 5.04 Å². The van der Waals surface area contributed by atoms with E-state index >= 15 is 0 Å². The SMILES string of the molecule is CCCCOc1c(C=O)sc(/C=C/c2sc(/C=C/c3ccc(N(CC)CCCCCCO[Si](C)(C)C(C)(C)C)cc3)c(OCCCC)c2OCCCC)c1OCCCC. The van der Waals surface area contributed by atoms with E-state index in [1.54, 1.807) is 11.3 Å². The molecule has 0 bridgehead atoms. The smallest absolute Gasteiger partial charge is 0.191 e. The molecule has 0 saturated heterocycles. The summed E-state index contributed by atoms with van der Waals surface area (Å²) in [6.07, 6.45) is 21.9. The first kappa shape index (κ1) is 50.3. The normalized spacial score (nSPS) is 12.2. The Morgan fingerprint density at radius 3 is 1.41 bits per heavy atom. The summed E-state index contributed by atoms with van der Waals surface area (Å²) in [5.41, 5.74) is 2.39. The molecule has 0 amide bonds. The minimum atomic E-state index is -1.66. The average Bonchev–Trinajstić information content (AvgIpc) is 3.73. The number of carbonyl (C=O) groups excluding carboxylic acids is 1. The highest BCUT2D eigenvalue weighted by Gasteiger charge is 2.36. The van der Waals surface area contributed by atoms with Crippen LogP contribution in [0.4, 0.5) is 5.69 Å². The van der Waals surface area contributed by atoms with E-state index in [1.807, 2.05) is 6.08 Å². The largest absolute Gasteiger partial charge is 0.488 e. The minimum absolute atomic E-state index is 0.266. The molecule has 10 heteroatoms. The summed E-state index contributed by atoms with van der Waals surface area (Å²) in [5.74, 6) is 2.76. The van der Waals surface area contributed by atoms with Crippen molar-refractivity contribution in [1.82, 2.24) is 0 Å². The number of unbranched alkanes of at least 4 members (excludes halogenated alkanes) is 7. The number of benzene rings is 1. The van der Waals surface area contributed by atoms with Gasteiger partial charge in [-0.25, -0.2) is 0 Å². The van der Waals surface area contributed by atoms with Crippen LogP contribution in [-0.4, -0.2) is 60.7 Å². The summed E-state index contributed by atoms with van der Waals surface area (Å²) in [4.78, 5) is 18.1. The summed E-state index contributed by atoms with van der Waals surface area (Å²) in [6.45, 7) is 27.7. The lowest BCUT2D eigenvalue weighted by Crippen LogP contribution is -2.40. The van der Waals surface area contributed by atoms with E-state index < -0.39 is 8.32 Å². The monoisotopic (exact) mass is 867 g/mol. The van der Waals surface area contributed by atoms with E-state index in [9.17, 15) is 4.79 Å². The Morgan fingerprint density at radius 2 is 0.983 bits per heavy atom. The topological polar surface area (TPSA) is 66.5 Å². The van der Waals surface area contributed by atoms with Gasteiger partial charge in [-0.3, -0.25) is 4.79 Å². The molecule has 3 aromatic rings. The molecular formula is C49H77NO6S2Si. The lowest BCUT2D eigenvalue weighted by Gasteiger charge is -2.36. The van der Waals surface area contributed by atoms with Gasteiger partial charge in [0.1, 0.15) is 4.88 Å². The van der Waals surface area contributed by atoms with Gasteiger partial charge >= 0.3 is 0 Å². The number of thiophene rings is 2. The Balaban J connectivity index is 1.83. The molecule has 0 fully saturated rings. The minimum Gasteiger partial charge on any atom is -0.488 e. The molecule has 59 heavy (non-hydrogen) atoms. The number of rotatable bonds is 31. The fourth-order valence-electron chi connectivity index (χ4n) is 5.99. The molecule has 2 heterocycles. The van der Waals surface area contributed by atoms with E-state index in [0.29, 0.717) is 42.8 Å². The van der Waals surface area contributed by atoms with Crippen molar-refractivity contribution in [2.75, 3.05) is 51.0 Å². The Morgan fingerprint density at radius 1 is 0.559 bits per heavy atom. The predicted molar refractivity (Wildman–Crippen MR) is 259 cm³/mol. The predicted octanol–water partition coefficient (Wildman–Crippen LogP) is 15.1.